The zero-order valence-electron chi connectivity index (χ0n) is 12.6. The molecule has 0 aliphatic heterocycles. The van der Waals surface area contributed by atoms with Crippen molar-refractivity contribution >= 4 is 5.91 Å². The molecule has 114 valence electrons. The van der Waals surface area contributed by atoms with Crippen LogP contribution in [0.5, 0.6) is 5.75 Å². The number of aryl methyl sites for hydroxylation is 2. The molecular formula is C17H23NO3. The Labute approximate surface area is 125 Å². The van der Waals surface area contributed by atoms with Crippen LogP contribution in [0.3, 0.4) is 0 Å². The van der Waals surface area contributed by atoms with Crippen molar-refractivity contribution in [2.75, 3.05) is 13.2 Å². The summed E-state index contributed by atoms with van der Waals surface area (Å²) in [6, 6.07) is 6.06. The van der Waals surface area contributed by atoms with Crippen molar-refractivity contribution in [2.45, 2.75) is 32.7 Å². The largest absolute Gasteiger partial charge is 0.493 e. The zero-order chi connectivity index (χ0) is 15.2. The summed E-state index contributed by atoms with van der Waals surface area (Å²) < 4.78 is 5.63. The van der Waals surface area contributed by atoms with Crippen molar-refractivity contribution in [3.8, 4) is 5.75 Å². The quantitative estimate of drug-likeness (QED) is 0.789. The highest BCUT2D eigenvalue weighted by Crippen LogP contribution is 2.18. The van der Waals surface area contributed by atoms with E-state index >= 15 is 0 Å². The van der Waals surface area contributed by atoms with Gasteiger partial charge in [0.1, 0.15) is 5.75 Å². The first-order valence-corrected chi connectivity index (χ1v) is 7.36. The number of carbonyl (C=O) groups is 1. The maximum absolute atomic E-state index is 11.8. The van der Waals surface area contributed by atoms with Crippen molar-refractivity contribution in [3.63, 3.8) is 0 Å². The monoisotopic (exact) mass is 289 g/mol. The highest BCUT2D eigenvalue weighted by Gasteiger charge is 2.19. The van der Waals surface area contributed by atoms with E-state index in [-0.39, 0.29) is 24.5 Å². The minimum absolute atomic E-state index is 0.0207. The Morgan fingerprint density at radius 3 is 2.62 bits per heavy atom. The molecule has 2 atom stereocenters. The van der Waals surface area contributed by atoms with Gasteiger partial charge in [0, 0.05) is 18.6 Å². The number of aliphatic hydroxyl groups is 1. The lowest BCUT2D eigenvalue weighted by Crippen LogP contribution is -2.33. The molecule has 1 aliphatic carbocycles. The number of aliphatic hydroxyl groups excluding tert-OH is 1. The molecule has 2 rings (SSSR count). The van der Waals surface area contributed by atoms with E-state index in [1.54, 1.807) is 0 Å². The minimum atomic E-state index is -0.0207. The molecule has 21 heavy (non-hydrogen) atoms. The molecule has 4 heteroatoms. The molecular weight excluding hydrogens is 266 g/mol. The van der Waals surface area contributed by atoms with Crippen LogP contribution in [-0.4, -0.2) is 30.3 Å². The Hall–Kier alpha value is -1.81. The van der Waals surface area contributed by atoms with Gasteiger partial charge in [-0.1, -0.05) is 18.2 Å². The van der Waals surface area contributed by atoms with Crippen LogP contribution in [0.15, 0.2) is 30.4 Å². The van der Waals surface area contributed by atoms with Gasteiger partial charge in [-0.2, -0.15) is 0 Å². The molecule has 0 spiro atoms. The molecule has 0 heterocycles. The van der Waals surface area contributed by atoms with Crippen LogP contribution in [0.4, 0.5) is 0 Å². The smallest absolute Gasteiger partial charge is 0.223 e. The molecule has 2 N–H and O–H groups in total. The van der Waals surface area contributed by atoms with Gasteiger partial charge in [0.15, 0.2) is 0 Å². The third kappa shape index (κ3) is 4.90. The summed E-state index contributed by atoms with van der Waals surface area (Å²) in [6.07, 6.45) is 5.02. The van der Waals surface area contributed by atoms with E-state index in [0.717, 1.165) is 23.3 Å². The van der Waals surface area contributed by atoms with Crippen LogP contribution < -0.4 is 10.1 Å². The van der Waals surface area contributed by atoms with Crippen molar-refractivity contribution in [1.82, 2.24) is 5.32 Å². The fourth-order valence-electron chi connectivity index (χ4n) is 2.57. The van der Waals surface area contributed by atoms with E-state index in [0.29, 0.717) is 13.0 Å². The third-order valence-corrected chi connectivity index (χ3v) is 3.55. The molecule has 1 aromatic carbocycles. The van der Waals surface area contributed by atoms with E-state index in [1.165, 1.54) is 0 Å². The van der Waals surface area contributed by atoms with Gasteiger partial charge in [-0.25, -0.2) is 0 Å². The second kappa shape index (κ2) is 7.27. The van der Waals surface area contributed by atoms with Crippen LogP contribution in [-0.2, 0) is 4.79 Å². The average Bonchev–Trinajstić information content (AvgIpc) is 2.85. The summed E-state index contributed by atoms with van der Waals surface area (Å²) in [7, 11) is 0. The summed E-state index contributed by atoms with van der Waals surface area (Å²) in [5.41, 5.74) is 2.31. The van der Waals surface area contributed by atoms with Crippen LogP contribution >= 0.6 is 0 Å². The standard InChI is InChI=1S/C17H23NO3/c1-12-7-13(2)9-16(8-12)21-6-5-17(20)18-15-4-3-14(10-15)11-19/h3-4,7-9,14-15,19H,5-6,10-11H2,1-2H3,(H,18,20)/t14-,15+/m0/s1. The minimum Gasteiger partial charge on any atom is -0.493 e. The predicted molar refractivity (Wildman–Crippen MR) is 82.3 cm³/mol. The van der Waals surface area contributed by atoms with Crippen molar-refractivity contribution in [2.24, 2.45) is 5.92 Å². The van der Waals surface area contributed by atoms with E-state index in [2.05, 4.69) is 11.4 Å². The van der Waals surface area contributed by atoms with Gasteiger partial charge in [0.2, 0.25) is 5.91 Å². The number of hydrogen-bond acceptors (Lipinski definition) is 3. The second-order valence-electron chi connectivity index (χ2n) is 5.66. The number of rotatable bonds is 6. The average molecular weight is 289 g/mol. The van der Waals surface area contributed by atoms with Gasteiger partial charge in [-0.05, 0) is 43.5 Å². The Balaban J connectivity index is 1.71. The van der Waals surface area contributed by atoms with E-state index in [9.17, 15) is 4.79 Å². The third-order valence-electron chi connectivity index (χ3n) is 3.55. The van der Waals surface area contributed by atoms with Crippen LogP contribution in [0.2, 0.25) is 0 Å². The molecule has 0 unspecified atom stereocenters. The summed E-state index contributed by atoms with van der Waals surface area (Å²) in [4.78, 5) is 11.8. The second-order valence-corrected chi connectivity index (χ2v) is 5.66. The van der Waals surface area contributed by atoms with Crippen LogP contribution in [0.1, 0.15) is 24.0 Å². The Kier molecular flexibility index (Phi) is 5.39. The lowest BCUT2D eigenvalue weighted by molar-refractivity contribution is -0.122. The van der Waals surface area contributed by atoms with Gasteiger partial charge in [0.05, 0.1) is 13.0 Å². The number of benzene rings is 1. The van der Waals surface area contributed by atoms with Gasteiger partial charge in [-0.3, -0.25) is 4.79 Å². The zero-order valence-corrected chi connectivity index (χ0v) is 12.6. The number of amides is 1. The topological polar surface area (TPSA) is 58.6 Å². The number of nitrogens with one attached hydrogen (secondary N) is 1. The predicted octanol–water partition coefficient (Wildman–Crippen LogP) is 2.13. The number of carbonyl (C=O) groups excluding carboxylic acids is 1. The molecule has 4 nitrogen and oxygen atoms in total. The van der Waals surface area contributed by atoms with Gasteiger partial charge in [-0.15, -0.1) is 0 Å². The lowest BCUT2D eigenvalue weighted by Gasteiger charge is -2.13. The number of ether oxygens (including phenoxy) is 1. The molecule has 0 saturated carbocycles. The highest BCUT2D eigenvalue weighted by atomic mass is 16.5. The number of hydrogen-bond donors (Lipinski definition) is 2. The lowest BCUT2D eigenvalue weighted by atomic mass is 10.1. The van der Waals surface area contributed by atoms with Gasteiger partial charge < -0.3 is 15.2 Å². The maximum atomic E-state index is 11.8. The fraction of sp³-hybridized carbons (Fsp3) is 0.471. The van der Waals surface area contributed by atoms with Crippen molar-refractivity contribution < 1.29 is 14.6 Å². The Bertz CT molecular complexity index is 505. The summed E-state index contributed by atoms with van der Waals surface area (Å²) in [5, 5.41) is 12.0. The van der Waals surface area contributed by atoms with Crippen LogP contribution in [0, 0.1) is 19.8 Å². The van der Waals surface area contributed by atoms with Crippen molar-refractivity contribution in [3.05, 3.63) is 41.5 Å². The normalized spacial score (nSPS) is 20.5. The molecule has 1 aromatic rings. The highest BCUT2D eigenvalue weighted by molar-refractivity contribution is 5.76. The first-order chi connectivity index (χ1) is 10.1. The molecule has 0 saturated heterocycles. The molecule has 1 aliphatic rings. The van der Waals surface area contributed by atoms with E-state index in [4.69, 9.17) is 9.84 Å². The Morgan fingerprint density at radius 2 is 2.00 bits per heavy atom. The molecule has 1 amide bonds. The SMILES string of the molecule is Cc1cc(C)cc(OCCC(=O)N[C@@H]2C=C[C@H](CO)C2)c1. The van der Waals surface area contributed by atoms with Gasteiger partial charge >= 0.3 is 0 Å². The molecule has 0 aromatic heterocycles. The summed E-state index contributed by atoms with van der Waals surface area (Å²) in [6.45, 7) is 4.56. The molecule has 0 bridgehead atoms. The van der Waals surface area contributed by atoms with E-state index < -0.39 is 0 Å². The van der Waals surface area contributed by atoms with Crippen LogP contribution in [0.25, 0.3) is 0 Å². The first-order valence-electron chi connectivity index (χ1n) is 7.36. The maximum Gasteiger partial charge on any atom is 0.223 e. The first kappa shape index (κ1) is 15.6. The van der Waals surface area contributed by atoms with E-state index in [1.807, 2.05) is 38.1 Å². The van der Waals surface area contributed by atoms with Gasteiger partial charge in [0.25, 0.3) is 0 Å². The molecule has 0 radical (unpaired) electrons. The van der Waals surface area contributed by atoms with Crippen molar-refractivity contribution in [1.29, 1.82) is 0 Å². The Morgan fingerprint density at radius 1 is 1.29 bits per heavy atom. The summed E-state index contributed by atoms with van der Waals surface area (Å²) in [5.74, 6) is 0.954. The molecule has 0 fully saturated rings. The fourth-order valence-corrected chi connectivity index (χ4v) is 2.57. The summed E-state index contributed by atoms with van der Waals surface area (Å²) >= 11 is 0.